The molecule has 2 heterocycles. The second kappa shape index (κ2) is 6.63. The van der Waals surface area contributed by atoms with Crippen LogP contribution in [0, 0.1) is 0 Å². The molecule has 0 bridgehead atoms. The summed E-state index contributed by atoms with van der Waals surface area (Å²) in [5.41, 5.74) is 0.106. The Kier molecular flexibility index (Phi) is 4.23. The molecular weight excluding hydrogens is 374 g/mol. The lowest BCUT2D eigenvalue weighted by molar-refractivity contribution is -0.126. The third-order valence-electron chi connectivity index (χ3n) is 4.69. The Morgan fingerprint density at radius 1 is 1.03 bits per heavy atom. The standard InChI is InChI=1S/C22H17NO6/c1-22(2)20(25)15(11-23-14-7-3-13(4-8-14)21(26)27)18-16(29-22)9-5-12-6-10-17(24)28-19(12)18/h3-11,23H,1-2H3,(H,26,27). The fraction of sp³-hybridized carbons (Fsp3) is 0.136. The van der Waals surface area contributed by atoms with Crippen LogP contribution in [0.1, 0.15) is 29.8 Å². The van der Waals surface area contributed by atoms with E-state index in [0.29, 0.717) is 28.0 Å². The molecule has 1 aliphatic rings. The highest BCUT2D eigenvalue weighted by molar-refractivity contribution is 6.28. The molecule has 2 aromatic carbocycles. The molecule has 0 radical (unpaired) electrons. The number of hydrogen-bond acceptors (Lipinski definition) is 6. The smallest absolute Gasteiger partial charge is 0.336 e. The Bertz CT molecular complexity index is 1230. The van der Waals surface area contributed by atoms with Gasteiger partial charge in [-0.2, -0.15) is 0 Å². The van der Waals surface area contributed by atoms with E-state index in [9.17, 15) is 14.4 Å². The first kappa shape index (κ1) is 18.5. The fourth-order valence-corrected chi connectivity index (χ4v) is 3.22. The molecule has 2 N–H and O–H groups in total. The van der Waals surface area contributed by atoms with Gasteiger partial charge in [-0.25, -0.2) is 9.59 Å². The molecule has 7 nitrogen and oxygen atoms in total. The monoisotopic (exact) mass is 391 g/mol. The molecule has 0 atom stereocenters. The summed E-state index contributed by atoms with van der Waals surface area (Å²) in [5.74, 6) is -0.865. The zero-order valence-corrected chi connectivity index (χ0v) is 15.7. The molecule has 1 aromatic heterocycles. The predicted molar refractivity (Wildman–Crippen MR) is 107 cm³/mol. The van der Waals surface area contributed by atoms with Crippen LogP contribution in [0.5, 0.6) is 5.75 Å². The Balaban J connectivity index is 1.84. The van der Waals surface area contributed by atoms with Gasteiger partial charge in [0, 0.05) is 23.3 Å². The number of rotatable bonds is 3. The van der Waals surface area contributed by atoms with Crippen LogP contribution in [-0.2, 0) is 4.79 Å². The number of hydrogen-bond donors (Lipinski definition) is 2. The lowest BCUT2D eigenvalue weighted by Crippen LogP contribution is -2.42. The normalized spacial score (nSPS) is 16.3. The SMILES string of the molecule is CC1(C)Oc2ccc3ccc(=O)oc3c2C(=CNc2ccc(C(=O)O)cc2)C1=O. The van der Waals surface area contributed by atoms with Crippen molar-refractivity contribution in [2.45, 2.75) is 19.4 Å². The van der Waals surface area contributed by atoms with Gasteiger partial charge < -0.3 is 19.6 Å². The topological polar surface area (TPSA) is 106 Å². The van der Waals surface area contributed by atoms with Crippen molar-refractivity contribution in [3.05, 3.63) is 76.3 Å². The highest BCUT2D eigenvalue weighted by Crippen LogP contribution is 2.41. The molecule has 0 aliphatic carbocycles. The Labute approximate surface area is 165 Å². The summed E-state index contributed by atoms with van der Waals surface area (Å²) in [4.78, 5) is 35.8. The highest BCUT2D eigenvalue weighted by Gasteiger charge is 2.40. The maximum atomic E-state index is 13.1. The third-order valence-corrected chi connectivity index (χ3v) is 4.69. The van der Waals surface area contributed by atoms with Crippen LogP contribution in [0.2, 0.25) is 0 Å². The van der Waals surface area contributed by atoms with E-state index in [0.717, 1.165) is 0 Å². The molecular formula is C22H17NO6. The molecule has 29 heavy (non-hydrogen) atoms. The van der Waals surface area contributed by atoms with E-state index in [1.165, 1.54) is 24.4 Å². The third kappa shape index (κ3) is 3.27. The Morgan fingerprint density at radius 2 is 1.72 bits per heavy atom. The van der Waals surface area contributed by atoms with Crippen molar-refractivity contribution in [2.24, 2.45) is 0 Å². The fourth-order valence-electron chi connectivity index (χ4n) is 3.22. The quantitative estimate of drug-likeness (QED) is 0.518. The first-order valence-corrected chi connectivity index (χ1v) is 8.87. The first-order valence-electron chi connectivity index (χ1n) is 8.87. The first-order chi connectivity index (χ1) is 13.8. The van der Waals surface area contributed by atoms with E-state index in [1.807, 2.05) is 0 Å². The number of carbonyl (C=O) groups is 2. The van der Waals surface area contributed by atoms with Crippen molar-refractivity contribution < 1.29 is 23.8 Å². The maximum absolute atomic E-state index is 13.1. The lowest BCUT2D eigenvalue weighted by atomic mass is 9.87. The molecule has 0 fully saturated rings. The van der Waals surface area contributed by atoms with Crippen LogP contribution in [0.4, 0.5) is 5.69 Å². The molecule has 0 saturated carbocycles. The number of anilines is 1. The number of aromatic carboxylic acids is 1. The van der Waals surface area contributed by atoms with Gasteiger partial charge in [0.1, 0.15) is 11.3 Å². The van der Waals surface area contributed by atoms with Crippen LogP contribution < -0.4 is 15.7 Å². The molecule has 4 rings (SSSR count). The summed E-state index contributed by atoms with van der Waals surface area (Å²) >= 11 is 0. The van der Waals surface area contributed by atoms with Gasteiger partial charge in [-0.3, -0.25) is 4.79 Å². The highest BCUT2D eigenvalue weighted by atomic mass is 16.5. The van der Waals surface area contributed by atoms with Crippen molar-refractivity contribution in [2.75, 3.05) is 5.32 Å². The number of carboxylic acid groups (broad SMARTS) is 1. The van der Waals surface area contributed by atoms with Gasteiger partial charge in [-0.05, 0) is 56.3 Å². The number of Topliss-reactive ketones (excluding diaryl/α,β-unsaturated/α-hetero) is 1. The summed E-state index contributed by atoms with van der Waals surface area (Å²) in [6.45, 7) is 3.33. The summed E-state index contributed by atoms with van der Waals surface area (Å²) in [7, 11) is 0. The van der Waals surface area contributed by atoms with Crippen molar-refractivity contribution in [3.8, 4) is 5.75 Å². The van der Waals surface area contributed by atoms with E-state index < -0.39 is 17.2 Å². The summed E-state index contributed by atoms with van der Waals surface area (Å²) in [5, 5.41) is 12.7. The molecule has 7 heteroatoms. The van der Waals surface area contributed by atoms with Crippen molar-refractivity contribution in [1.29, 1.82) is 0 Å². The minimum Gasteiger partial charge on any atom is -0.479 e. The average Bonchev–Trinajstić information content (AvgIpc) is 2.68. The molecule has 0 unspecified atom stereocenters. The molecule has 1 aliphatic heterocycles. The van der Waals surface area contributed by atoms with E-state index in [1.54, 1.807) is 44.2 Å². The van der Waals surface area contributed by atoms with Gasteiger partial charge in [-0.1, -0.05) is 0 Å². The molecule has 0 amide bonds. The minimum absolute atomic E-state index is 0.157. The molecule has 0 saturated heterocycles. The summed E-state index contributed by atoms with van der Waals surface area (Å²) < 4.78 is 11.2. The van der Waals surface area contributed by atoms with Gasteiger partial charge in [0.05, 0.1) is 16.7 Å². The van der Waals surface area contributed by atoms with E-state index in [-0.39, 0.29) is 16.9 Å². The van der Waals surface area contributed by atoms with Crippen molar-refractivity contribution >= 4 is 34.0 Å². The van der Waals surface area contributed by atoms with Crippen LogP contribution in [0.15, 0.2) is 63.9 Å². The largest absolute Gasteiger partial charge is 0.479 e. The van der Waals surface area contributed by atoms with E-state index >= 15 is 0 Å². The van der Waals surface area contributed by atoms with Crippen molar-refractivity contribution in [3.63, 3.8) is 0 Å². The maximum Gasteiger partial charge on any atom is 0.336 e. The number of nitrogens with one attached hydrogen (secondary N) is 1. The number of ketones is 1. The van der Waals surface area contributed by atoms with Crippen LogP contribution in [0.3, 0.4) is 0 Å². The van der Waals surface area contributed by atoms with E-state index in [2.05, 4.69) is 5.32 Å². The molecule has 146 valence electrons. The predicted octanol–water partition coefficient (Wildman–Crippen LogP) is 3.68. The number of carbonyl (C=O) groups excluding carboxylic acids is 1. The number of fused-ring (bicyclic) bond motifs is 3. The average molecular weight is 391 g/mol. The number of carboxylic acids is 1. The zero-order chi connectivity index (χ0) is 20.8. The molecule has 0 spiro atoms. The van der Waals surface area contributed by atoms with Gasteiger partial charge in [0.15, 0.2) is 5.60 Å². The van der Waals surface area contributed by atoms with Gasteiger partial charge in [-0.15, -0.1) is 0 Å². The lowest BCUT2D eigenvalue weighted by Gasteiger charge is -2.32. The second-order valence-electron chi connectivity index (χ2n) is 7.14. The summed E-state index contributed by atoms with van der Waals surface area (Å²) in [6.07, 6.45) is 1.52. The van der Waals surface area contributed by atoms with Crippen LogP contribution >= 0.6 is 0 Å². The van der Waals surface area contributed by atoms with Gasteiger partial charge in [0.25, 0.3) is 0 Å². The Morgan fingerprint density at radius 3 is 2.41 bits per heavy atom. The summed E-state index contributed by atoms with van der Waals surface area (Å²) in [6, 6.07) is 12.6. The molecule has 3 aromatic rings. The second-order valence-corrected chi connectivity index (χ2v) is 7.14. The van der Waals surface area contributed by atoms with Crippen LogP contribution in [0.25, 0.3) is 16.5 Å². The number of benzene rings is 2. The minimum atomic E-state index is -1.10. The van der Waals surface area contributed by atoms with E-state index in [4.69, 9.17) is 14.3 Å². The van der Waals surface area contributed by atoms with Gasteiger partial charge >= 0.3 is 11.6 Å². The van der Waals surface area contributed by atoms with Crippen LogP contribution in [-0.4, -0.2) is 22.5 Å². The Hall–Kier alpha value is -3.87. The zero-order valence-electron chi connectivity index (χ0n) is 15.7. The van der Waals surface area contributed by atoms with Gasteiger partial charge in [0.2, 0.25) is 5.78 Å². The number of ether oxygens (including phenoxy) is 1. The van der Waals surface area contributed by atoms with Crippen molar-refractivity contribution in [1.82, 2.24) is 0 Å².